The number of benzene rings is 2. The minimum atomic E-state index is 0.113. The smallest absolute Gasteiger partial charge is 0.151 e. The molecule has 0 unspecified atom stereocenters. The van der Waals surface area contributed by atoms with Gasteiger partial charge in [0.2, 0.25) is 0 Å². The molecule has 2 aromatic carbocycles. The van der Waals surface area contributed by atoms with Crippen LogP contribution in [0.15, 0.2) is 52.9 Å². The maximum Gasteiger partial charge on any atom is 0.151 e. The van der Waals surface area contributed by atoms with E-state index in [9.17, 15) is 0 Å². The second-order valence-corrected chi connectivity index (χ2v) is 11.8. The SMILES string of the molecule is COc1ccc([C@H]2C[C@@](C)(Sc3nc4ccccc4s3)[C@@H]3CC[C@@H](C)C[C@H]3O2)cc1. The Bertz CT molecular complexity index is 984. The van der Waals surface area contributed by atoms with E-state index in [1.165, 1.54) is 27.4 Å². The van der Waals surface area contributed by atoms with E-state index in [2.05, 4.69) is 50.2 Å². The Hall–Kier alpha value is -1.56. The zero-order valence-electron chi connectivity index (χ0n) is 17.8. The molecule has 3 aromatic rings. The number of hydrogen-bond donors (Lipinski definition) is 0. The monoisotopic (exact) mass is 439 g/mol. The number of aromatic nitrogens is 1. The third-order valence-corrected chi connectivity index (χ3v) is 9.38. The molecule has 2 aliphatic rings. The van der Waals surface area contributed by atoms with Crippen LogP contribution in [-0.2, 0) is 4.74 Å². The first kappa shape index (κ1) is 20.3. The molecule has 30 heavy (non-hydrogen) atoms. The lowest BCUT2D eigenvalue weighted by atomic mass is 9.70. The van der Waals surface area contributed by atoms with E-state index >= 15 is 0 Å². The predicted octanol–water partition coefficient (Wildman–Crippen LogP) is 7.12. The molecule has 5 rings (SSSR count). The van der Waals surface area contributed by atoms with Gasteiger partial charge in [-0.1, -0.05) is 49.4 Å². The second-order valence-electron chi connectivity index (χ2n) is 9.03. The number of nitrogens with zero attached hydrogens (tertiary/aromatic N) is 1. The molecule has 0 amide bonds. The summed E-state index contributed by atoms with van der Waals surface area (Å²) in [6.45, 7) is 4.82. The van der Waals surface area contributed by atoms with Crippen molar-refractivity contribution in [2.45, 2.75) is 60.8 Å². The van der Waals surface area contributed by atoms with Crippen molar-refractivity contribution in [2.24, 2.45) is 11.8 Å². The van der Waals surface area contributed by atoms with Crippen LogP contribution in [0.3, 0.4) is 0 Å². The van der Waals surface area contributed by atoms with Gasteiger partial charge in [0.15, 0.2) is 4.34 Å². The van der Waals surface area contributed by atoms with Crippen LogP contribution in [0.2, 0.25) is 0 Å². The van der Waals surface area contributed by atoms with E-state index in [-0.39, 0.29) is 10.9 Å². The molecule has 5 atom stereocenters. The summed E-state index contributed by atoms with van der Waals surface area (Å²) >= 11 is 3.81. The molecule has 0 radical (unpaired) electrons. The largest absolute Gasteiger partial charge is 0.497 e. The highest BCUT2D eigenvalue weighted by molar-refractivity contribution is 8.02. The molecule has 3 nitrogen and oxygen atoms in total. The van der Waals surface area contributed by atoms with Gasteiger partial charge in [0.25, 0.3) is 0 Å². The standard InChI is InChI=1S/C25H29NO2S2/c1-16-8-13-19-21(14-16)28-22(17-9-11-18(27-3)12-10-17)15-25(19,2)30-24-26-20-6-4-5-7-23(20)29-24/h4-7,9-12,16,19,21-22H,8,13-15H2,1-3H3/t16-,19-,21-,22-,25-/m1/s1. The van der Waals surface area contributed by atoms with Gasteiger partial charge in [0, 0.05) is 10.7 Å². The van der Waals surface area contributed by atoms with Gasteiger partial charge in [0.1, 0.15) is 5.75 Å². The molecule has 0 bridgehead atoms. The Labute approximate surface area is 187 Å². The van der Waals surface area contributed by atoms with Gasteiger partial charge in [0.05, 0.1) is 29.5 Å². The zero-order chi connectivity index (χ0) is 20.7. The molecule has 0 N–H and O–H groups in total. The Morgan fingerprint density at radius 1 is 1.13 bits per heavy atom. The topological polar surface area (TPSA) is 31.4 Å². The van der Waals surface area contributed by atoms with Crippen LogP contribution in [0.5, 0.6) is 5.75 Å². The summed E-state index contributed by atoms with van der Waals surface area (Å²) in [5, 5.41) is 0. The third-order valence-electron chi connectivity index (χ3n) is 6.85. The summed E-state index contributed by atoms with van der Waals surface area (Å²) in [5.74, 6) is 2.20. The van der Waals surface area contributed by atoms with Crippen LogP contribution in [0, 0.1) is 11.8 Å². The number of methoxy groups -OCH3 is 1. The summed E-state index contributed by atoms with van der Waals surface area (Å²) in [7, 11) is 1.71. The minimum Gasteiger partial charge on any atom is -0.497 e. The summed E-state index contributed by atoms with van der Waals surface area (Å²) in [6, 6.07) is 16.9. The zero-order valence-corrected chi connectivity index (χ0v) is 19.5. The first-order valence-corrected chi connectivity index (χ1v) is 12.5. The van der Waals surface area contributed by atoms with Crippen LogP contribution in [0.1, 0.15) is 51.2 Å². The number of thiazole rings is 1. The molecule has 1 aromatic heterocycles. The quantitative estimate of drug-likeness (QED) is 0.433. The van der Waals surface area contributed by atoms with Crippen LogP contribution in [-0.4, -0.2) is 22.9 Å². The average Bonchev–Trinajstić information content (AvgIpc) is 3.15. The van der Waals surface area contributed by atoms with E-state index in [0.717, 1.165) is 30.0 Å². The van der Waals surface area contributed by atoms with Crippen molar-refractivity contribution in [1.29, 1.82) is 0 Å². The molecule has 5 heteroatoms. The molecule has 1 aliphatic heterocycles. The highest BCUT2D eigenvalue weighted by Gasteiger charge is 2.49. The lowest BCUT2D eigenvalue weighted by molar-refractivity contribution is -0.122. The van der Waals surface area contributed by atoms with E-state index in [4.69, 9.17) is 14.5 Å². The normalized spacial score (nSPS) is 31.4. The van der Waals surface area contributed by atoms with Crippen molar-refractivity contribution in [3.8, 4) is 5.75 Å². The van der Waals surface area contributed by atoms with Crippen molar-refractivity contribution >= 4 is 33.3 Å². The van der Waals surface area contributed by atoms with E-state index in [0.29, 0.717) is 12.0 Å². The van der Waals surface area contributed by atoms with Gasteiger partial charge in [-0.3, -0.25) is 0 Å². The second kappa shape index (κ2) is 8.18. The van der Waals surface area contributed by atoms with Crippen molar-refractivity contribution in [3.05, 3.63) is 54.1 Å². The molecule has 2 heterocycles. The molecule has 2 fully saturated rings. The number of thioether (sulfide) groups is 1. The molecular formula is C25H29NO2S2. The van der Waals surface area contributed by atoms with E-state index in [1.807, 2.05) is 35.2 Å². The Morgan fingerprint density at radius 2 is 1.93 bits per heavy atom. The van der Waals surface area contributed by atoms with Crippen molar-refractivity contribution in [3.63, 3.8) is 0 Å². The van der Waals surface area contributed by atoms with Gasteiger partial charge >= 0.3 is 0 Å². The van der Waals surface area contributed by atoms with Gasteiger partial charge < -0.3 is 9.47 Å². The van der Waals surface area contributed by atoms with Crippen LogP contribution in [0.4, 0.5) is 0 Å². The minimum absolute atomic E-state index is 0.113. The summed E-state index contributed by atoms with van der Waals surface area (Å²) < 4.78 is 14.7. The first-order chi connectivity index (χ1) is 14.5. The van der Waals surface area contributed by atoms with Crippen molar-refractivity contribution in [2.75, 3.05) is 7.11 Å². The third kappa shape index (κ3) is 3.88. The van der Waals surface area contributed by atoms with Crippen molar-refractivity contribution in [1.82, 2.24) is 4.98 Å². The molecule has 158 valence electrons. The van der Waals surface area contributed by atoms with Crippen LogP contribution in [0.25, 0.3) is 10.2 Å². The van der Waals surface area contributed by atoms with Gasteiger partial charge in [-0.2, -0.15) is 0 Å². The summed E-state index contributed by atoms with van der Waals surface area (Å²) in [5.41, 5.74) is 2.37. The highest BCUT2D eigenvalue weighted by Crippen LogP contribution is 2.56. The average molecular weight is 440 g/mol. The fourth-order valence-electron chi connectivity index (χ4n) is 5.18. The van der Waals surface area contributed by atoms with Crippen LogP contribution >= 0.6 is 23.1 Å². The Balaban J connectivity index is 1.46. The maximum absolute atomic E-state index is 6.74. The van der Waals surface area contributed by atoms with Crippen molar-refractivity contribution < 1.29 is 9.47 Å². The first-order valence-electron chi connectivity index (χ1n) is 10.9. The lowest BCUT2D eigenvalue weighted by Crippen LogP contribution is -2.49. The lowest BCUT2D eigenvalue weighted by Gasteiger charge is -2.51. The molecular weight excluding hydrogens is 410 g/mol. The van der Waals surface area contributed by atoms with E-state index < -0.39 is 0 Å². The van der Waals surface area contributed by atoms with Gasteiger partial charge in [-0.05, 0) is 61.9 Å². The molecule has 1 saturated carbocycles. The number of para-hydroxylation sites is 1. The fraction of sp³-hybridized carbons (Fsp3) is 0.480. The number of fused-ring (bicyclic) bond motifs is 2. The number of hydrogen-bond acceptors (Lipinski definition) is 5. The summed E-state index contributed by atoms with van der Waals surface area (Å²) in [6.07, 6.45) is 5.15. The van der Waals surface area contributed by atoms with Crippen LogP contribution < -0.4 is 4.74 Å². The molecule has 1 saturated heterocycles. The van der Waals surface area contributed by atoms with Gasteiger partial charge in [-0.15, -0.1) is 11.3 Å². The molecule has 0 spiro atoms. The Morgan fingerprint density at radius 3 is 2.70 bits per heavy atom. The number of ether oxygens (including phenoxy) is 2. The summed E-state index contributed by atoms with van der Waals surface area (Å²) in [4.78, 5) is 4.95. The predicted molar refractivity (Wildman–Crippen MR) is 126 cm³/mol. The number of rotatable bonds is 4. The maximum atomic E-state index is 6.74. The van der Waals surface area contributed by atoms with Gasteiger partial charge in [-0.25, -0.2) is 4.98 Å². The Kier molecular flexibility index (Phi) is 5.55. The fourth-order valence-corrected chi connectivity index (χ4v) is 8.09. The highest BCUT2D eigenvalue weighted by atomic mass is 32.2. The van der Waals surface area contributed by atoms with E-state index in [1.54, 1.807) is 7.11 Å². The molecule has 1 aliphatic carbocycles.